The molecule has 0 bridgehead atoms. The topological polar surface area (TPSA) is 106 Å². The Hall–Kier alpha value is -3.92. The molecule has 0 saturated heterocycles. The van der Waals surface area contributed by atoms with E-state index in [-0.39, 0.29) is 28.6 Å². The molecule has 11 heteroatoms. The van der Waals surface area contributed by atoms with E-state index in [0.29, 0.717) is 15.5 Å². The van der Waals surface area contributed by atoms with Crippen molar-refractivity contribution in [2.24, 2.45) is 5.10 Å². The van der Waals surface area contributed by atoms with Gasteiger partial charge >= 0.3 is 5.97 Å². The van der Waals surface area contributed by atoms with Gasteiger partial charge in [0.2, 0.25) is 0 Å². The molecule has 0 saturated carbocycles. The molecule has 2 amide bonds. The van der Waals surface area contributed by atoms with Crippen molar-refractivity contribution in [2.45, 2.75) is 0 Å². The lowest BCUT2D eigenvalue weighted by Gasteiger charge is -2.09. The van der Waals surface area contributed by atoms with Gasteiger partial charge in [0.05, 0.1) is 35.5 Å². The normalized spacial score (nSPS) is 10.9. The van der Waals surface area contributed by atoms with Crippen LogP contribution in [0, 0.1) is 0 Å². The van der Waals surface area contributed by atoms with E-state index in [4.69, 9.17) is 32.7 Å². The van der Waals surface area contributed by atoms with Crippen molar-refractivity contribution in [1.29, 1.82) is 0 Å². The van der Waals surface area contributed by atoms with Crippen molar-refractivity contribution in [3.63, 3.8) is 0 Å². The largest absolute Gasteiger partial charge is 0.493 e. The third-order valence-electron chi connectivity index (χ3n) is 5.04. The predicted molar refractivity (Wildman–Crippen MR) is 144 cm³/mol. The van der Waals surface area contributed by atoms with Gasteiger partial charge in [-0.3, -0.25) is 9.59 Å². The fraction of sp³-hybridized carbons (Fsp3) is 0.0769. The summed E-state index contributed by atoms with van der Waals surface area (Å²) in [5, 5.41) is 7.76. The minimum Gasteiger partial charge on any atom is -0.493 e. The number of fused-ring (bicyclic) bond motifs is 1. The number of hydrogen-bond acceptors (Lipinski definition) is 7. The Morgan fingerprint density at radius 3 is 2.51 bits per heavy atom. The molecule has 4 rings (SSSR count). The number of halogens is 2. The number of nitrogens with one attached hydrogen (secondary N) is 2. The molecule has 0 aliphatic rings. The molecule has 0 aliphatic heterocycles. The van der Waals surface area contributed by atoms with Crippen molar-refractivity contribution in [3.8, 4) is 11.5 Å². The van der Waals surface area contributed by atoms with Crippen LogP contribution in [0.3, 0.4) is 0 Å². The fourth-order valence-electron chi connectivity index (χ4n) is 3.26. The zero-order chi connectivity index (χ0) is 26.4. The minimum absolute atomic E-state index is 0.199. The zero-order valence-corrected chi connectivity index (χ0v) is 21.6. The van der Waals surface area contributed by atoms with E-state index in [2.05, 4.69) is 15.8 Å². The standard InChI is InChI=1S/C26H19Cl2N3O5S/c1-35-20-12-15(13-30-31-22(32)14-29-25(33)16-6-2-4-8-18(16)27)10-11-19(20)36-26(34)24-23(28)17-7-3-5-9-21(17)37-24/h2-13H,14H2,1H3,(H,29,33)(H,31,32). The first-order valence-corrected chi connectivity index (χ1v) is 12.4. The van der Waals surface area contributed by atoms with Crippen molar-refractivity contribution in [3.05, 3.63) is 92.8 Å². The van der Waals surface area contributed by atoms with Crippen LogP contribution in [-0.2, 0) is 4.79 Å². The second kappa shape index (κ2) is 11.9. The molecule has 4 aromatic rings. The first kappa shape index (κ1) is 26.2. The SMILES string of the molecule is COc1cc(C=NNC(=O)CNC(=O)c2ccccc2Cl)ccc1OC(=O)c1sc2ccccc2c1Cl. The molecule has 8 nitrogen and oxygen atoms in total. The smallest absolute Gasteiger partial charge is 0.355 e. The Balaban J connectivity index is 1.35. The molecular weight excluding hydrogens is 537 g/mol. The number of ether oxygens (including phenoxy) is 2. The summed E-state index contributed by atoms with van der Waals surface area (Å²) in [6, 6.07) is 18.7. The van der Waals surface area contributed by atoms with Gasteiger partial charge in [-0.15, -0.1) is 11.3 Å². The number of amides is 2. The van der Waals surface area contributed by atoms with Gasteiger partial charge in [-0.05, 0) is 42.0 Å². The Bertz CT molecular complexity index is 1520. The number of methoxy groups -OCH3 is 1. The highest BCUT2D eigenvalue weighted by molar-refractivity contribution is 7.21. The summed E-state index contributed by atoms with van der Waals surface area (Å²) in [6.45, 7) is -0.292. The number of hydrogen-bond donors (Lipinski definition) is 2. The maximum Gasteiger partial charge on any atom is 0.355 e. The molecule has 0 aliphatic carbocycles. The van der Waals surface area contributed by atoms with Crippen molar-refractivity contribution in [2.75, 3.05) is 13.7 Å². The quantitative estimate of drug-likeness (QED) is 0.132. The van der Waals surface area contributed by atoms with E-state index >= 15 is 0 Å². The van der Waals surface area contributed by atoms with Crippen LogP contribution in [0.15, 0.2) is 71.8 Å². The highest BCUT2D eigenvalue weighted by atomic mass is 35.5. The molecule has 37 heavy (non-hydrogen) atoms. The van der Waals surface area contributed by atoms with Gasteiger partial charge in [-0.25, -0.2) is 10.2 Å². The van der Waals surface area contributed by atoms with Crippen LogP contribution >= 0.6 is 34.5 Å². The highest BCUT2D eigenvalue weighted by Gasteiger charge is 2.20. The monoisotopic (exact) mass is 555 g/mol. The summed E-state index contributed by atoms with van der Waals surface area (Å²) in [4.78, 5) is 37.2. The van der Waals surface area contributed by atoms with Crippen LogP contribution in [0.25, 0.3) is 10.1 Å². The molecule has 1 aromatic heterocycles. The first-order valence-electron chi connectivity index (χ1n) is 10.8. The number of nitrogens with zero attached hydrogens (tertiary/aromatic N) is 1. The van der Waals surface area contributed by atoms with E-state index in [9.17, 15) is 14.4 Å². The van der Waals surface area contributed by atoms with E-state index in [1.54, 1.807) is 42.5 Å². The molecule has 1 heterocycles. The molecule has 0 fully saturated rings. The van der Waals surface area contributed by atoms with E-state index in [1.165, 1.54) is 24.7 Å². The average molecular weight is 556 g/mol. The second-order valence-electron chi connectivity index (χ2n) is 7.50. The third kappa shape index (κ3) is 6.26. The van der Waals surface area contributed by atoms with Gasteiger partial charge in [0.25, 0.3) is 11.8 Å². The maximum atomic E-state index is 12.8. The van der Waals surface area contributed by atoms with Gasteiger partial charge in [0, 0.05) is 10.1 Å². The zero-order valence-electron chi connectivity index (χ0n) is 19.3. The van der Waals surface area contributed by atoms with Gasteiger partial charge in [-0.1, -0.05) is 53.5 Å². The van der Waals surface area contributed by atoms with Gasteiger partial charge in [0.1, 0.15) is 4.88 Å². The molecule has 2 N–H and O–H groups in total. The summed E-state index contributed by atoms with van der Waals surface area (Å²) in [5.41, 5.74) is 3.15. The van der Waals surface area contributed by atoms with Gasteiger partial charge in [0.15, 0.2) is 11.5 Å². The fourth-order valence-corrected chi connectivity index (χ4v) is 4.87. The highest BCUT2D eigenvalue weighted by Crippen LogP contribution is 2.37. The predicted octanol–water partition coefficient (Wildman–Crippen LogP) is 5.32. The molecule has 188 valence electrons. The first-order chi connectivity index (χ1) is 17.9. The van der Waals surface area contributed by atoms with Crippen LogP contribution in [0.5, 0.6) is 11.5 Å². The summed E-state index contributed by atoms with van der Waals surface area (Å²) in [7, 11) is 1.43. The molecule has 0 unspecified atom stereocenters. The molecular formula is C26H19Cl2N3O5S. The van der Waals surface area contributed by atoms with Crippen LogP contribution in [0.1, 0.15) is 25.6 Å². The lowest BCUT2D eigenvalue weighted by molar-refractivity contribution is -0.120. The molecule has 0 radical (unpaired) electrons. The lowest BCUT2D eigenvalue weighted by Crippen LogP contribution is -2.35. The van der Waals surface area contributed by atoms with E-state index < -0.39 is 17.8 Å². The molecule has 0 atom stereocenters. The number of hydrazone groups is 1. The third-order valence-corrected chi connectivity index (χ3v) is 7.03. The van der Waals surface area contributed by atoms with Gasteiger partial charge in [-0.2, -0.15) is 5.10 Å². The Kier molecular flexibility index (Phi) is 8.39. The lowest BCUT2D eigenvalue weighted by atomic mass is 10.2. The van der Waals surface area contributed by atoms with Crippen LogP contribution in [-0.4, -0.2) is 37.7 Å². The maximum absolute atomic E-state index is 12.8. The van der Waals surface area contributed by atoms with E-state index in [0.717, 1.165) is 10.1 Å². The summed E-state index contributed by atoms with van der Waals surface area (Å²) in [5.74, 6) is -1.12. The summed E-state index contributed by atoms with van der Waals surface area (Å²) >= 11 is 13.6. The Morgan fingerprint density at radius 2 is 1.76 bits per heavy atom. The summed E-state index contributed by atoms with van der Waals surface area (Å²) < 4.78 is 11.7. The number of rotatable bonds is 8. The second-order valence-corrected chi connectivity index (χ2v) is 9.33. The van der Waals surface area contributed by atoms with Crippen LogP contribution in [0.4, 0.5) is 0 Å². The number of thiophene rings is 1. The van der Waals surface area contributed by atoms with Crippen LogP contribution < -0.4 is 20.2 Å². The summed E-state index contributed by atoms with van der Waals surface area (Å²) in [6.07, 6.45) is 1.38. The van der Waals surface area contributed by atoms with Crippen molar-refractivity contribution < 1.29 is 23.9 Å². The van der Waals surface area contributed by atoms with E-state index in [1.807, 2.05) is 24.3 Å². The number of carbonyl (C=O) groups excluding carboxylic acids is 3. The minimum atomic E-state index is -0.600. The number of carbonyl (C=O) groups is 3. The van der Waals surface area contributed by atoms with Crippen molar-refractivity contribution in [1.82, 2.24) is 10.7 Å². The van der Waals surface area contributed by atoms with Gasteiger partial charge < -0.3 is 14.8 Å². The average Bonchev–Trinajstić information content (AvgIpc) is 3.25. The molecule has 3 aromatic carbocycles. The number of esters is 1. The van der Waals surface area contributed by atoms with Crippen molar-refractivity contribution >= 4 is 68.6 Å². The Morgan fingerprint density at radius 1 is 1.00 bits per heavy atom. The Labute approximate surface area is 225 Å². The van der Waals surface area contributed by atoms with Crippen LogP contribution in [0.2, 0.25) is 10.0 Å². The molecule has 0 spiro atoms. The number of benzene rings is 3.